The summed E-state index contributed by atoms with van der Waals surface area (Å²) in [4.78, 5) is 12.6. The summed E-state index contributed by atoms with van der Waals surface area (Å²) >= 11 is 5.60. The van der Waals surface area contributed by atoms with Gasteiger partial charge in [-0.1, -0.05) is 40.2 Å². The quantitative estimate of drug-likeness (QED) is 0.170. The van der Waals surface area contributed by atoms with Gasteiger partial charge in [0, 0.05) is 10.2 Å². The average molecular weight is 617 g/mol. The Morgan fingerprint density at radius 2 is 1.91 bits per heavy atom. The standard InChI is InChI=1S/C26H22BrIN2O3/c1-3-32-24-14-19(12-20(15-29)26(31)30-22-6-4-5-17(2)11-22)13-23(28)25(24)33-16-18-7-9-21(27)10-8-18/h4-14H,3,16H2,1-2H3,(H,30,31)/b20-12-. The molecule has 0 spiro atoms. The zero-order valence-corrected chi connectivity index (χ0v) is 21.9. The van der Waals surface area contributed by atoms with Gasteiger partial charge >= 0.3 is 0 Å². The predicted molar refractivity (Wildman–Crippen MR) is 142 cm³/mol. The van der Waals surface area contributed by atoms with Crippen molar-refractivity contribution in [2.24, 2.45) is 0 Å². The summed E-state index contributed by atoms with van der Waals surface area (Å²) in [6, 6.07) is 21.0. The minimum absolute atomic E-state index is 0.00159. The number of carbonyl (C=O) groups is 1. The molecule has 0 radical (unpaired) electrons. The fourth-order valence-electron chi connectivity index (χ4n) is 3.05. The Kier molecular flexibility index (Phi) is 8.92. The Labute approximate surface area is 215 Å². The molecular formula is C26H22BrIN2O3. The lowest BCUT2D eigenvalue weighted by Crippen LogP contribution is -2.13. The van der Waals surface area contributed by atoms with E-state index in [2.05, 4.69) is 43.8 Å². The van der Waals surface area contributed by atoms with E-state index in [1.54, 1.807) is 18.2 Å². The van der Waals surface area contributed by atoms with Crippen LogP contribution in [0.2, 0.25) is 0 Å². The number of anilines is 1. The number of hydrogen-bond donors (Lipinski definition) is 1. The first kappa shape index (κ1) is 24.8. The smallest absolute Gasteiger partial charge is 0.266 e. The van der Waals surface area contributed by atoms with Crippen molar-refractivity contribution in [1.29, 1.82) is 5.26 Å². The average Bonchev–Trinajstić information content (AvgIpc) is 2.78. The molecule has 1 N–H and O–H groups in total. The summed E-state index contributed by atoms with van der Waals surface area (Å²) in [5, 5.41) is 12.3. The molecule has 0 aliphatic rings. The number of nitriles is 1. The van der Waals surface area contributed by atoms with Gasteiger partial charge in [0.25, 0.3) is 5.91 Å². The van der Waals surface area contributed by atoms with Crippen molar-refractivity contribution in [2.75, 3.05) is 11.9 Å². The monoisotopic (exact) mass is 616 g/mol. The molecule has 0 aliphatic carbocycles. The van der Waals surface area contributed by atoms with Crippen LogP contribution in [0.5, 0.6) is 11.5 Å². The van der Waals surface area contributed by atoms with E-state index >= 15 is 0 Å². The normalized spacial score (nSPS) is 10.9. The number of ether oxygens (including phenoxy) is 2. The van der Waals surface area contributed by atoms with E-state index in [1.165, 1.54) is 0 Å². The largest absolute Gasteiger partial charge is 0.490 e. The second-order valence-corrected chi connectivity index (χ2v) is 9.25. The Balaban J connectivity index is 1.84. The third-order valence-electron chi connectivity index (χ3n) is 4.58. The highest BCUT2D eigenvalue weighted by molar-refractivity contribution is 14.1. The summed E-state index contributed by atoms with van der Waals surface area (Å²) in [7, 11) is 0. The molecule has 168 valence electrons. The topological polar surface area (TPSA) is 71.3 Å². The number of nitrogens with one attached hydrogen (secondary N) is 1. The first-order valence-corrected chi connectivity index (χ1v) is 12.1. The molecule has 3 aromatic rings. The second kappa shape index (κ2) is 11.9. The van der Waals surface area contributed by atoms with Crippen LogP contribution in [0.1, 0.15) is 23.6 Å². The number of amides is 1. The van der Waals surface area contributed by atoms with Crippen LogP contribution in [0, 0.1) is 21.8 Å². The van der Waals surface area contributed by atoms with E-state index in [0.717, 1.165) is 19.2 Å². The van der Waals surface area contributed by atoms with Gasteiger partial charge in [-0.2, -0.15) is 5.26 Å². The number of nitrogens with zero attached hydrogens (tertiary/aromatic N) is 1. The van der Waals surface area contributed by atoms with Gasteiger partial charge in [0.2, 0.25) is 0 Å². The van der Waals surface area contributed by atoms with Gasteiger partial charge in [-0.3, -0.25) is 4.79 Å². The molecule has 0 unspecified atom stereocenters. The van der Waals surface area contributed by atoms with Crippen LogP contribution in [0.15, 0.2) is 70.7 Å². The lowest BCUT2D eigenvalue weighted by molar-refractivity contribution is -0.112. The molecule has 0 atom stereocenters. The Morgan fingerprint density at radius 1 is 1.15 bits per heavy atom. The minimum atomic E-state index is -0.466. The van der Waals surface area contributed by atoms with Crippen molar-refractivity contribution in [1.82, 2.24) is 0 Å². The zero-order chi connectivity index (χ0) is 23.8. The first-order chi connectivity index (χ1) is 15.9. The molecule has 33 heavy (non-hydrogen) atoms. The van der Waals surface area contributed by atoms with Crippen LogP contribution in [0.3, 0.4) is 0 Å². The highest BCUT2D eigenvalue weighted by atomic mass is 127. The van der Waals surface area contributed by atoms with Gasteiger partial charge in [0.1, 0.15) is 18.2 Å². The summed E-state index contributed by atoms with van der Waals surface area (Å²) in [5.41, 5.74) is 3.36. The van der Waals surface area contributed by atoms with Crippen molar-refractivity contribution in [2.45, 2.75) is 20.5 Å². The lowest BCUT2D eigenvalue weighted by atomic mass is 10.1. The molecule has 1 amide bonds. The maximum absolute atomic E-state index is 12.6. The van der Waals surface area contributed by atoms with Crippen molar-refractivity contribution in [3.05, 3.63) is 91.0 Å². The van der Waals surface area contributed by atoms with E-state index in [4.69, 9.17) is 9.47 Å². The number of carbonyl (C=O) groups excluding carboxylic acids is 1. The van der Waals surface area contributed by atoms with Gasteiger partial charge in [0.05, 0.1) is 10.2 Å². The summed E-state index contributed by atoms with van der Waals surface area (Å²) < 4.78 is 13.7. The van der Waals surface area contributed by atoms with Crippen LogP contribution in [0.4, 0.5) is 5.69 Å². The second-order valence-electron chi connectivity index (χ2n) is 7.17. The van der Waals surface area contributed by atoms with Crippen LogP contribution < -0.4 is 14.8 Å². The molecule has 0 aromatic heterocycles. The molecule has 0 bridgehead atoms. The molecule has 0 aliphatic heterocycles. The van der Waals surface area contributed by atoms with Crippen LogP contribution in [-0.4, -0.2) is 12.5 Å². The molecule has 0 heterocycles. The SMILES string of the molecule is CCOc1cc(/C=C(/C#N)C(=O)Nc2cccc(C)c2)cc(I)c1OCc1ccc(Br)cc1. The molecule has 3 aromatic carbocycles. The summed E-state index contributed by atoms with van der Waals surface area (Å²) in [6.07, 6.45) is 1.55. The first-order valence-electron chi connectivity index (χ1n) is 10.2. The maximum Gasteiger partial charge on any atom is 0.266 e. The van der Waals surface area contributed by atoms with Crippen molar-refractivity contribution in [3.8, 4) is 17.6 Å². The molecule has 0 saturated heterocycles. The highest BCUT2D eigenvalue weighted by Crippen LogP contribution is 2.35. The number of aryl methyl sites for hydroxylation is 1. The third kappa shape index (κ3) is 7.07. The van der Waals surface area contributed by atoms with Crippen molar-refractivity contribution >= 4 is 56.2 Å². The van der Waals surface area contributed by atoms with Crippen molar-refractivity contribution in [3.63, 3.8) is 0 Å². The fraction of sp³-hybridized carbons (Fsp3) is 0.154. The number of benzene rings is 3. The highest BCUT2D eigenvalue weighted by Gasteiger charge is 2.15. The number of hydrogen-bond acceptors (Lipinski definition) is 4. The maximum atomic E-state index is 12.6. The van der Waals surface area contributed by atoms with Gasteiger partial charge < -0.3 is 14.8 Å². The third-order valence-corrected chi connectivity index (χ3v) is 5.91. The van der Waals surface area contributed by atoms with E-state index < -0.39 is 5.91 Å². The molecule has 5 nitrogen and oxygen atoms in total. The number of rotatable bonds is 8. The molecule has 0 saturated carbocycles. The van der Waals surface area contributed by atoms with E-state index in [0.29, 0.717) is 36.0 Å². The predicted octanol–water partition coefficient (Wildman–Crippen LogP) is 6.89. The van der Waals surface area contributed by atoms with Gasteiger partial charge in [0.15, 0.2) is 11.5 Å². The van der Waals surface area contributed by atoms with E-state index in [9.17, 15) is 10.1 Å². The summed E-state index contributed by atoms with van der Waals surface area (Å²) in [5.74, 6) is 0.719. The molecule has 3 rings (SSSR count). The number of halogens is 2. The molecule has 7 heteroatoms. The van der Waals surface area contributed by atoms with E-state index in [1.807, 2.05) is 68.4 Å². The molecular weight excluding hydrogens is 595 g/mol. The van der Waals surface area contributed by atoms with Gasteiger partial charge in [-0.05, 0) is 95.6 Å². The Hall–Kier alpha value is -2.83. The fourth-order valence-corrected chi connectivity index (χ4v) is 4.09. The van der Waals surface area contributed by atoms with Gasteiger partial charge in [-0.25, -0.2) is 0 Å². The summed E-state index contributed by atoms with van der Waals surface area (Å²) in [6.45, 7) is 4.68. The minimum Gasteiger partial charge on any atom is -0.490 e. The van der Waals surface area contributed by atoms with E-state index in [-0.39, 0.29) is 5.57 Å². The Bertz CT molecular complexity index is 1220. The zero-order valence-electron chi connectivity index (χ0n) is 18.2. The molecule has 0 fully saturated rings. The lowest BCUT2D eigenvalue weighted by Gasteiger charge is -2.15. The van der Waals surface area contributed by atoms with Crippen LogP contribution in [0.25, 0.3) is 6.08 Å². The van der Waals surface area contributed by atoms with Gasteiger partial charge in [-0.15, -0.1) is 0 Å². The Morgan fingerprint density at radius 3 is 2.58 bits per heavy atom. The van der Waals surface area contributed by atoms with Crippen LogP contribution in [-0.2, 0) is 11.4 Å². The van der Waals surface area contributed by atoms with Crippen LogP contribution >= 0.6 is 38.5 Å². The van der Waals surface area contributed by atoms with Crippen molar-refractivity contribution < 1.29 is 14.3 Å².